The van der Waals surface area contributed by atoms with Gasteiger partial charge in [0.1, 0.15) is 0 Å². The molecule has 2 aromatic rings. The first-order valence-electron chi connectivity index (χ1n) is 9.54. The molecular formula is C21H25N3O2S. The van der Waals surface area contributed by atoms with Crippen LogP contribution < -0.4 is 5.32 Å². The molecule has 0 saturated carbocycles. The number of rotatable bonds is 5. The lowest BCUT2D eigenvalue weighted by Gasteiger charge is -2.49. The zero-order valence-corrected chi connectivity index (χ0v) is 16.5. The summed E-state index contributed by atoms with van der Waals surface area (Å²) in [6, 6.07) is 12.0. The number of benzene rings is 1. The lowest BCUT2D eigenvalue weighted by Crippen LogP contribution is -2.62. The molecule has 5 rings (SSSR count). The molecule has 4 heterocycles. The van der Waals surface area contributed by atoms with Crippen molar-refractivity contribution in [3.63, 3.8) is 0 Å². The van der Waals surface area contributed by atoms with Crippen LogP contribution in [-0.2, 0) is 0 Å². The number of carbonyl (C=O) groups excluding carboxylic acids is 2. The van der Waals surface area contributed by atoms with E-state index in [4.69, 9.17) is 0 Å². The summed E-state index contributed by atoms with van der Waals surface area (Å²) >= 11 is 1.55. The molecule has 1 aromatic heterocycles. The summed E-state index contributed by atoms with van der Waals surface area (Å²) in [5.41, 5.74) is 1.30. The van der Waals surface area contributed by atoms with E-state index in [0.29, 0.717) is 23.2 Å². The van der Waals surface area contributed by atoms with Crippen LogP contribution in [0.3, 0.4) is 0 Å². The molecule has 3 aliphatic rings. The molecule has 2 bridgehead atoms. The van der Waals surface area contributed by atoms with E-state index < -0.39 is 0 Å². The van der Waals surface area contributed by atoms with Gasteiger partial charge in [0.25, 0.3) is 5.91 Å². The number of hydrogen-bond donors (Lipinski definition) is 2. The Labute approximate surface area is 163 Å². The van der Waals surface area contributed by atoms with Gasteiger partial charge in [-0.25, -0.2) is 0 Å². The van der Waals surface area contributed by atoms with Crippen LogP contribution in [0.2, 0.25) is 0 Å². The number of H-pyrrole nitrogens is 1. The number of nitrogens with zero attached hydrogens (tertiary/aromatic N) is 1. The highest BCUT2D eigenvalue weighted by Gasteiger charge is 2.40. The van der Waals surface area contributed by atoms with E-state index >= 15 is 0 Å². The van der Waals surface area contributed by atoms with Crippen molar-refractivity contribution >= 4 is 23.5 Å². The van der Waals surface area contributed by atoms with Crippen molar-refractivity contribution < 1.29 is 9.59 Å². The fourth-order valence-electron chi connectivity index (χ4n) is 4.22. The number of hydrogen-bond acceptors (Lipinski definition) is 4. The van der Waals surface area contributed by atoms with E-state index in [1.54, 1.807) is 24.8 Å². The van der Waals surface area contributed by atoms with Crippen molar-refractivity contribution in [1.29, 1.82) is 0 Å². The van der Waals surface area contributed by atoms with Gasteiger partial charge < -0.3 is 10.3 Å². The highest BCUT2D eigenvalue weighted by Crippen LogP contribution is 2.32. The first-order valence-corrected chi connectivity index (χ1v) is 10.4. The number of piperidine rings is 3. The highest BCUT2D eigenvalue weighted by molar-refractivity contribution is 7.99. The van der Waals surface area contributed by atoms with Crippen molar-refractivity contribution in [3.05, 3.63) is 47.7 Å². The average Bonchev–Trinajstić information content (AvgIpc) is 3.14. The summed E-state index contributed by atoms with van der Waals surface area (Å²) < 4.78 is 0. The first-order chi connectivity index (χ1) is 13.0. The molecule has 2 N–H and O–H groups in total. The highest BCUT2D eigenvalue weighted by atomic mass is 32.2. The minimum Gasteiger partial charge on any atom is -0.347 e. The van der Waals surface area contributed by atoms with Crippen LogP contribution in [0.15, 0.2) is 46.3 Å². The maximum atomic E-state index is 12.7. The largest absolute Gasteiger partial charge is 0.347 e. The molecule has 0 aliphatic carbocycles. The molecule has 3 fully saturated rings. The lowest BCUT2D eigenvalue weighted by atomic mass is 9.79. The van der Waals surface area contributed by atoms with E-state index in [0.717, 1.165) is 23.0 Å². The summed E-state index contributed by atoms with van der Waals surface area (Å²) in [5.74, 6) is 0.638. The molecule has 142 valence electrons. The Hall–Kier alpha value is -2.05. The second-order valence-corrected chi connectivity index (χ2v) is 8.65. The second kappa shape index (κ2) is 7.52. The molecule has 3 aliphatic heterocycles. The van der Waals surface area contributed by atoms with Crippen molar-refractivity contribution in [2.24, 2.45) is 5.92 Å². The molecule has 1 amide bonds. The van der Waals surface area contributed by atoms with Gasteiger partial charge in [-0.1, -0.05) is 11.8 Å². The van der Waals surface area contributed by atoms with Gasteiger partial charge in [0.2, 0.25) is 0 Å². The van der Waals surface area contributed by atoms with E-state index in [1.165, 1.54) is 12.8 Å². The molecule has 5 nitrogen and oxygen atoms in total. The third-order valence-corrected chi connectivity index (χ3v) is 6.82. The van der Waals surface area contributed by atoms with Gasteiger partial charge in [-0.2, -0.15) is 0 Å². The van der Waals surface area contributed by atoms with Gasteiger partial charge in [-0.05, 0) is 75.2 Å². The van der Waals surface area contributed by atoms with Crippen LogP contribution in [0.5, 0.6) is 0 Å². The van der Waals surface area contributed by atoms with Gasteiger partial charge in [0.05, 0.1) is 10.7 Å². The number of nitrogens with one attached hydrogen (secondary N) is 2. The maximum absolute atomic E-state index is 12.7. The fourth-order valence-corrected chi connectivity index (χ4v) is 5.04. The maximum Gasteiger partial charge on any atom is 0.251 e. The summed E-state index contributed by atoms with van der Waals surface area (Å²) in [6.45, 7) is 6.09. The summed E-state index contributed by atoms with van der Waals surface area (Å²) in [5, 5.41) is 4.19. The zero-order chi connectivity index (χ0) is 19.0. The number of carbonyl (C=O) groups is 2. The third kappa shape index (κ3) is 3.82. The van der Waals surface area contributed by atoms with E-state index in [-0.39, 0.29) is 17.7 Å². The molecule has 0 radical (unpaired) electrons. The Morgan fingerprint density at radius 3 is 2.41 bits per heavy atom. The molecule has 1 aromatic carbocycles. The normalized spacial score (nSPS) is 26.7. The quantitative estimate of drug-likeness (QED) is 0.775. The van der Waals surface area contributed by atoms with E-state index in [1.807, 2.05) is 30.3 Å². The van der Waals surface area contributed by atoms with Gasteiger partial charge in [-0.3, -0.25) is 14.5 Å². The van der Waals surface area contributed by atoms with Crippen LogP contribution in [0.25, 0.3) is 0 Å². The lowest BCUT2D eigenvalue weighted by molar-refractivity contribution is 0.0217. The Balaban J connectivity index is 1.39. The van der Waals surface area contributed by atoms with Gasteiger partial charge in [0.15, 0.2) is 5.78 Å². The molecule has 0 unspecified atom stereocenters. The van der Waals surface area contributed by atoms with Gasteiger partial charge >= 0.3 is 0 Å². The molecule has 3 saturated heterocycles. The Morgan fingerprint density at radius 2 is 1.81 bits per heavy atom. The van der Waals surface area contributed by atoms with Crippen molar-refractivity contribution in [2.75, 3.05) is 13.1 Å². The number of fused-ring (bicyclic) bond motifs is 3. The summed E-state index contributed by atoms with van der Waals surface area (Å²) in [4.78, 5) is 30.7. The number of Topliss-reactive ketones (excluding diaryl/α,β-unsaturated/α-hetero) is 1. The Kier molecular flexibility index (Phi) is 5.10. The molecule has 0 spiro atoms. The third-order valence-electron chi connectivity index (χ3n) is 5.86. The van der Waals surface area contributed by atoms with Crippen LogP contribution in [0.1, 0.15) is 47.5 Å². The molecule has 2 atom stereocenters. The van der Waals surface area contributed by atoms with Crippen molar-refractivity contribution in [1.82, 2.24) is 15.2 Å². The smallest absolute Gasteiger partial charge is 0.251 e. The number of aromatic amines is 1. The predicted octanol–water partition coefficient (Wildman–Crippen LogP) is 3.58. The molecule has 6 heteroatoms. The van der Waals surface area contributed by atoms with Crippen LogP contribution in [-0.4, -0.2) is 46.7 Å². The second-order valence-electron chi connectivity index (χ2n) is 7.53. The Bertz CT molecular complexity index is 835. The number of aromatic nitrogens is 1. The summed E-state index contributed by atoms with van der Waals surface area (Å²) in [6.07, 6.45) is 2.37. The van der Waals surface area contributed by atoms with E-state index in [2.05, 4.69) is 22.1 Å². The Morgan fingerprint density at radius 1 is 1.11 bits per heavy atom. The predicted molar refractivity (Wildman–Crippen MR) is 106 cm³/mol. The van der Waals surface area contributed by atoms with Crippen molar-refractivity contribution in [2.45, 2.75) is 48.7 Å². The topological polar surface area (TPSA) is 65.2 Å². The first kappa shape index (κ1) is 18.3. The SMILES string of the molecule is CC(=O)c1ccc(Sc2ccc(C(=O)N[C@@H]3C4CCN(CC4)[C@@H]3C)cc2)[nH]1. The average molecular weight is 384 g/mol. The van der Waals surface area contributed by atoms with Crippen LogP contribution >= 0.6 is 11.8 Å². The van der Waals surface area contributed by atoms with Crippen LogP contribution in [0, 0.1) is 5.92 Å². The van der Waals surface area contributed by atoms with Crippen LogP contribution in [0.4, 0.5) is 0 Å². The zero-order valence-electron chi connectivity index (χ0n) is 15.7. The van der Waals surface area contributed by atoms with Gasteiger partial charge in [0, 0.05) is 29.5 Å². The molecule has 27 heavy (non-hydrogen) atoms. The minimum absolute atomic E-state index is 0.0101. The summed E-state index contributed by atoms with van der Waals surface area (Å²) in [7, 11) is 0. The number of amides is 1. The fraction of sp³-hybridized carbons (Fsp3) is 0.429. The minimum atomic E-state index is 0.0101. The standard InChI is InChI=1S/C21H25N3O2S/c1-13-20(15-9-11-24(13)12-10-15)23-21(26)16-3-5-17(6-4-16)27-19-8-7-18(22-19)14(2)25/h3-8,13,15,20,22H,9-12H2,1-2H3,(H,23,26)/t13-,20+/m1/s1. The van der Waals surface area contributed by atoms with Gasteiger partial charge in [-0.15, -0.1) is 0 Å². The number of ketones is 1. The monoisotopic (exact) mass is 383 g/mol. The van der Waals surface area contributed by atoms with E-state index in [9.17, 15) is 9.59 Å². The van der Waals surface area contributed by atoms with Crippen molar-refractivity contribution in [3.8, 4) is 0 Å². The molecular weight excluding hydrogens is 358 g/mol.